The van der Waals surface area contributed by atoms with Gasteiger partial charge in [-0.15, -0.1) is 0 Å². The van der Waals surface area contributed by atoms with Crippen LogP contribution in [0, 0.1) is 0 Å². The Labute approximate surface area is 147 Å². The number of amides is 1. The molecular formula is C19H23N3O3. The third-order valence-electron chi connectivity index (χ3n) is 4.86. The molecule has 1 saturated heterocycles. The van der Waals surface area contributed by atoms with Crippen molar-refractivity contribution < 1.29 is 14.1 Å². The zero-order valence-electron chi connectivity index (χ0n) is 14.3. The standard InChI is InChI=1S/C19H23N3O3/c23-17(13-24-12-10-14-5-2-1-3-6-14)22-11-4-7-16(22)18-20-19(25-21-18)15-8-9-15/h1-3,5-6,15-16H,4,7-13H2/t16-/m1/s1. The molecule has 1 aromatic carbocycles. The average Bonchev–Trinajstić information content (AvgIpc) is 3.18. The van der Waals surface area contributed by atoms with E-state index in [0.717, 1.165) is 44.5 Å². The molecular weight excluding hydrogens is 318 g/mol. The molecule has 4 rings (SSSR count). The van der Waals surface area contributed by atoms with Gasteiger partial charge in [0.2, 0.25) is 11.8 Å². The van der Waals surface area contributed by atoms with Gasteiger partial charge in [0, 0.05) is 12.5 Å². The summed E-state index contributed by atoms with van der Waals surface area (Å²) in [4.78, 5) is 18.9. The van der Waals surface area contributed by atoms with Crippen molar-refractivity contribution in [2.75, 3.05) is 19.8 Å². The zero-order valence-corrected chi connectivity index (χ0v) is 14.3. The number of carbonyl (C=O) groups is 1. The number of carbonyl (C=O) groups excluding carboxylic acids is 1. The van der Waals surface area contributed by atoms with Crippen molar-refractivity contribution in [3.8, 4) is 0 Å². The molecule has 2 fully saturated rings. The molecule has 1 aromatic heterocycles. The number of likely N-dealkylation sites (tertiary alicyclic amines) is 1. The van der Waals surface area contributed by atoms with E-state index in [-0.39, 0.29) is 18.6 Å². The first-order chi connectivity index (χ1) is 12.3. The van der Waals surface area contributed by atoms with Gasteiger partial charge in [0.15, 0.2) is 5.82 Å². The van der Waals surface area contributed by atoms with Crippen LogP contribution in [0.2, 0.25) is 0 Å². The lowest BCUT2D eigenvalue weighted by atomic mass is 10.2. The number of nitrogens with zero attached hydrogens (tertiary/aromatic N) is 3. The zero-order chi connectivity index (χ0) is 17.1. The smallest absolute Gasteiger partial charge is 0.249 e. The van der Waals surface area contributed by atoms with Crippen LogP contribution >= 0.6 is 0 Å². The van der Waals surface area contributed by atoms with Gasteiger partial charge in [0.1, 0.15) is 6.61 Å². The average molecular weight is 341 g/mol. The second kappa shape index (κ2) is 7.35. The highest BCUT2D eigenvalue weighted by Crippen LogP contribution is 2.40. The summed E-state index contributed by atoms with van der Waals surface area (Å²) in [5, 5.41) is 4.11. The lowest BCUT2D eigenvalue weighted by Gasteiger charge is -2.22. The molecule has 1 amide bonds. The minimum absolute atomic E-state index is 0.00772. The summed E-state index contributed by atoms with van der Waals surface area (Å²) in [6.07, 6.45) is 4.93. The molecule has 0 radical (unpaired) electrons. The predicted octanol–water partition coefficient (Wildman–Crippen LogP) is 2.87. The highest BCUT2D eigenvalue weighted by atomic mass is 16.5. The summed E-state index contributed by atoms with van der Waals surface area (Å²) >= 11 is 0. The van der Waals surface area contributed by atoms with Crippen LogP contribution in [0.3, 0.4) is 0 Å². The molecule has 2 aromatic rings. The Morgan fingerprint density at radius 3 is 2.88 bits per heavy atom. The number of hydrogen-bond donors (Lipinski definition) is 0. The normalized spacial score (nSPS) is 20.2. The molecule has 1 aliphatic carbocycles. The molecule has 2 heterocycles. The monoisotopic (exact) mass is 341 g/mol. The predicted molar refractivity (Wildman–Crippen MR) is 90.9 cm³/mol. The molecule has 1 saturated carbocycles. The van der Waals surface area contributed by atoms with Gasteiger partial charge < -0.3 is 14.2 Å². The Bertz CT molecular complexity index is 712. The van der Waals surface area contributed by atoms with Crippen LogP contribution in [0.25, 0.3) is 0 Å². The minimum atomic E-state index is -0.0681. The van der Waals surface area contributed by atoms with Crippen molar-refractivity contribution in [2.45, 2.75) is 44.1 Å². The van der Waals surface area contributed by atoms with Crippen molar-refractivity contribution in [1.82, 2.24) is 15.0 Å². The van der Waals surface area contributed by atoms with Crippen LogP contribution in [0.5, 0.6) is 0 Å². The molecule has 1 atom stereocenters. The van der Waals surface area contributed by atoms with Gasteiger partial charge in [-0.2, -0.15) is 4.98 Å². The number of hydrogen-bond acceptors (Lipinski definition) is 5. The maximum Gasteiger partial charge on any atom is 0.249 e. The second-order valence-corrected chi connectivity index (χ2v) is 6.80. The fourth-order valence-electron chi connectivity index (χ4n) is 3.29. The van der Waals surface area contributed by atoms with E-state index >= 15 is 0 Å². The largest absolute Gasteiger partial charge is 0.371 e. The number of aromatic nitrogens is 2. The third-order valence-corrected chi connectivity index (χ3v) is 4.86. The van der Waals surface area contributed by atoms with Crippen LogP contribution in [0.4, 0.5) is 0 Å². The quantitative estimate of drug-likeness (QED) is 0.724. The summed E-state index contributed by atoms with van der Waals surface area (Å²) in [6.45, 7) is 1.39. The molecule has 1 aliphatic heterocycles. The fourth-order valence-corrected chi connectivity index (χ4v) is 3.29. The lowest BCUT2D eigenvalue weighted by molar-refractivity contribution is -0.137. The molecule has 132 valence electrons. The second-order valence-electron chi connectivity index (χ2n) is 6.80. The van der Waals surface area contributed by atoms with Crippen molar-refractivity contribution in [2.24, 2.45) is 0 Å². The molecule has 0 unspecified atom stereocenters. The summed E-state index contributed by atoms with van der Waals surface area (Å²) < 4.78 is 10.9. The van der Waals surface area contributed by atoms with E-state index in [9.17, 15) is 4.79 Å². The first kappa shape index (κ1) is 16.3. The van der Waals surface area contributed by atoms with Crippen molar-refractivity contribution in [3.05, 3.63) is 47.6 Å². The van der Waals surface area contributed by atoms with Gasteiger partial charge in [-0.05, 0) is 37.7 Å². The Morgan fingerprint density at radius 1 is 1.24 bits per heavy atom. The van der Waals surface area contributed by atoms with Gasteiger partial charge in [-0.1, -0.05) is 35.5 Å². The lowest BCUT2D eigenvalue weighted by Crippen LogP contribution is -2.34. The van der Waals surface area contributed by atoms with Crippen LogP contribution in [0.15, 0.2) is 34.9 Å². The fraction of sp³-hybridized carbons (Fsp3) is 0.526. The SMILES string of the molecule is O=C(COCCc1ccccc1)N1CCC[C@@H]1c1noc(C2CC2)n1. The molecule has 0 spiro atoms. The van der Waals surface area contributed by atoms with E-state index in [2.05, 4.69) is 22.3 Å². The van der Waals surface area contributed by atoms with Crippen LogP contribution in [-0.4, -0.2) is 40.7 Å². The van der Waals surface area contributed by atoms with E-state index in [1.54, 1.807) is 0 Å². The van der Waals surface area contributed by atoms with Gasteiger partial charge in [-0.3, -0.25) is 4.79 Å². The molecule has 25 heavy (non-hydrogen) atoms. The van der Waals surface area contributed by atoms with Crippen molar-refractivity contribution in [1.29, 1.82) is 0 Å². The van der Waals surface area contributed by atoms with Gasteiger partial charge >= 0.3 is 0 Å². The maximum absolute atomic E-state index is 12.5. The molecule has 6 heteroatoms. The summed E-state index contributed by atoms with van der Waals surface area (Å²) in [5.74, 6) is 1.83. The Kier molecular flexibility index (Phi) is 4.78. The summed E-state index contributed by atoms with van der Waals surface area (Å²) in [7, 11) is 0. The molecule has 2 aliphatic rings. The molecule has 0 bridgehead atoms. The van der Waals surface area contributed by atoms with E-state index in [4.69, 9.17) is 9.26 Å². The van der Waals surface area contributed by atoms with Gasteiger partial charge in [0.05, 0.1) is 12.6 Å². The van der Waals surface area contributed by atoms with E-state index < -0.39 is 0 Å². The Hall–Kier alpha value is -2.21. The van der Waals surface area contributed by atoms with Gasteiger partial charge in [-0.25, -0.2) is 0 Å². The highest BCUT2D eigenvalue weighted by molar-refractivity contribution is 5.78. The number of rotatable bonds is 7. The maximum atomic E-state index is 12.5. The number of ether oxygens (including phenoxy) is 1. The Morgan fingerprint density at radius 2 is 2.08 bits per heavy atom. The highest BCUT2D eigenvalue weighted by Gasteiger charge is 2.35. The summed E-state index contributed by atoms with van der Waals surface area (Å²) in [5.41, 5.74) is 1.22. The van der Waals surface area contributed by atoms with Crippen LogP contribution < -0.4 is 0 Å². The van der Waals surface area contributed by atoms with Crippen LogP contribution in [0.1, 0.15) is 54.9 Å². The molecule has 0 N–H and O–H groups in total. The van der Waals surface area contributed by atoms with E-state index in [1.165, 1.54) is 5.56 Å². The van der Waals surface area contributed by atoms with E-state index in [0.29, 0.717) is 18.3 Å². The summed E-state index contributed by atoms with van der Waals surface area (Å²) in [6, 6.07) is 10.1. The van der Waals surface area contributed by atoms with Crippen LogP contribution in [-0.2, 0) is 16.0 Å². The minimum Gasteiger partial charge on any atom is -0.371 e. The molecule has 6 nitrogen and oxygen atoms in total. The number of benzene rings is 1. The van der Waals surface area contributed by atoms with E-state index in [1.807, 2.05) is 23.1 Å². The first-order valence-electron chi connectivity index (χ1n) is 9.06. The van der Waals surface area contributed by atoms with Gasteiger partial charge in [0.25, 0.3) is 0 Å². The van der Waals surface area contributed by atoms with Crippen molar-refractivity contribution in [3.63, 3.8) is 0 Å². The topological polar surface area (TPSA) is 68.5 Å². The van der Waals surface area contributed by atoms with Crippen molar-refractivity contribution >= 4 is 5.91 Å². The third kappa shape index (κ3) is 3.90. The first-order valence-corrected chi connectivity index (χ1v) is 9.06. The Balaban J connectivity index is 1.28.